The van der Waals surface area contributed by atoms with Crippen LogP contribution in [-0.4, -0.2) is 24.2 Å². The van der Waals surface area contributed by atoms with Crippen molar-refractivity contribution in [2.75, 3.05) is 19.5 Å². The Morgan fingerprint density at radius 1 is 1.20 bits per heavy atom. The number of benzene rings is 1. The number of methoxy groups -OCH3 is 2. The number of nitriles is 1. The number of ether oxygens (including phenoxy) is 2. The molecule has 1 N–H and O–H groups in total. The molecular formula is C14H14N4O2. The third-order valence-corrected chi connectivity index (χ3v) is 2.72. The number of anilines is 1. The summed E-state index contributed by atoms with van der Waals surface area (Å²) < 4.78 is 10.5. The van der Waals surface area contributed by atoms with Gasteiger partial charge in [0.1, 0.15) is 23.4 Å². The average Bonchev–Trinajstić information content (AvgIpc) is 2.53. The Bertz CT molecular complexity index is 620. The minimum atomic E-state index is 0.289. The van der Waals surface area contributed by atoms with Crippen molar-refractivity contribution in [3.05, 3.63) is 41.9 Å². The molecule has 0 amide bonds. The minimum absolute atomic E-state index is 0.289. The summed E-state index contributed by atoms with van der Waals surface area (Å²) in [5.74, 6) is 2.07. The molecule has 0 aliphatic heterocycles. The number of aromatic nitrogens is 2. The van der Waals surface area contributed by atoms with Crippen LogP contribution in [0.15, 0.2) is 30.6 Å². The highest BCUT2D eigenvalue weighted by Crippen LogP contribution is 2.25. The largest absolute Gasteiger partial charge is 0.497 e. The fourth-order valence-electron chi connectivity index (χ4n) is 1.66. The van der Waals surface area contributed by atoms with E-state index in [0.717, 1.165) is 17.1 Å². The maximum absolute atomic E-state index is 8.65. The van der Waals surface area contributed by atoms with Gasteiger partial charge in [-0.05, 0) is 12.1 Å². The molecule has 6 nitrogen and oxygen atoms in total. The second-order valence-corrected chi connectivity index (χ2v) is 3.93. The van der Waals surface area contributed by atoms with E-state index in [9.17, 15) is 0 Å². The van der Waals surface area contributed by atoms with Crippen molar-refractivity contribution >= 4 is 5.82 Å². The van der Waals surface area contributed by atoms with E-state index in [1.165, 1.54) is 12.4 Å². The molecule has 1 aromatic carbocycles. The third kappa shape index (κ3) is 3.14. The number of nitrogens with zero attached hydrogens (tertiary/aromatic N) is 3. The molecule has 1 heterocycles. The van der Waals surface area contributed by atoms with Gasteiger partial charge in [-0.3, -0.25) is 0 Å². The van der Waals surface area contributed by atoms with Crippen LogP contribution >= 0.6 is 0 Å². The van der Waals surface area contributed by atoms with Gasteiger partial charge < -0.3 is 14.8 Å². The van der Waals surface area contributed by atoms with Crippen LogP contribution in [0.1, 0.15) is 11.3 Å². The van der Waals surface area contributed by atoms with Crippen molar-refractivity contribution in [1.82, 2.24) is 9.97 Å². The molecule has 1 aromatic heterocycles. The van der Waals surface area contributed by atoms with E-state index in [2.05, 4.69) is 15.3 Å². The van der Waals surface area contributed by atoms with Gasteiger partial charge in [0.2, 0.25) is 0 Å². The zero-order valence-electron chi connectivity index (χ0n) is 11.3. The lowest BCUT2D eigenvalue weighted by Gasteiger charge is -2.11. The topological polar surface area (TPSA) is 80.1 Å². The highest BCUT2D eigenvalue weighted by atomic mass is 16.5. The molecule has 0 unspecified atom stereocenters. The maximum Gasteiger partial charge on any atom is 0.158 e. The molecule has 2 aromatic rings. The number of hydrogen-bond acceptors (Lipinski definition) is 6. The Kier molecular flexibility index (Phi) is 4.35. The number of nitrogens with one attached hydrogen (secondary N) is 1. The van der Waals surface area contributed by atoms with E-state index in [-0.39, 0.29) is 5.69 Å². The fourth-order valence-corrected chi connectivity index (χ4v) is 1.66. The maximum atomic E-state index is 8.65. The summed E-state index contributed by atoms with van der Waals surface area (Å²) in [5.41, 5.74) is 1.26. The molecule has 0 saturated carbocycles. The smallest absolute Gasteiger partial charge is 0.158 e. The Balaban J connectivity index is 2.08. The van der Waals surface area contributed by atoms with Gasteiger partial charge in [-0.15, -0.1) is 0 Å². The first-order chi connectivity index (χ1) is 9.76. The summed E-state index contributed by atoms with van der Waals surface area (Å²) >= 11 is 0. The molecule has 6 heteroatoms. The molecule has 0 aliphatic rings. The first kappa shape index (κ1) is 13.6. The minimum Gasteiger partial charge on any atom is -0.497 e. The zero-order chi connectivity index (χ0) is 14.4. The molecule has 102 valence electrons. The summed E-state index contributed by atoms with van der Waals surface area (Å²) in [4.78, 5) is 8.03. The molecule has 0 spiro atoms. The normalized spacial score (nSPS) is 9.65. The van der Waals surface area contributed by atoms with Crippen LogP contribution in [0.3, 0.4) is 0 Å². The Hall–Kier alpha value is -2.81. The first-order valence-corrected chi connectivity index (χ1v) is 5.93. The van der Waals surface area contributed by atoms with E-state index >= 15 is 0 Å². The van der Waals surface area contributed by atoms with Gasteiger partial charge in [0.05, 0.1) is 26.6 Å². The predicted octanol–water partition coefficient (Wildman–Crippen LogP) is 1.98. The lowest BCUT2D eigenvalue weighted by Crippen LogP contribution is -2.04. The monoisotopic (exact) mass is 270 g/mol. The molecule has 0 bridgehead atoms. The lowest BCUT2D eigenvalue weighted by atomic mass is 10.2. The summed E-state index contributed by atoms with van der Waals surface area (Å²) in [6.45, 7) is 0.535. The molecule has 0 atom stereocenters. The molecule has 0 radical (unpaired) electrons. The van der Waals surface area contributed by atoms with Crippen LogP contribution in [0.25, 0.3) is 0 Å². The second kappa shape index (κ2) is 6.38. The highest BCUT2D eigenvalue weighted by Gasteiger charge is 2.05. The predicted molar refractivity (Wildman–Crippen MR) is 73.6 cm³/mol. The van der Waals surface area contributed by atoms with Crippen molar-refractivity contribution in [3.63, 3.8) is 0 Å². The van der Waals surface area contributed by atoms with Gasteiger partial charge in [0.15, 0.2) is 5.69 Å². The van der Waals surface area contributed by atoms with Crippen molar-refractivity contribution in [2.24, 2.45) is 0 Å². The van der Waals surface area contributed by atoms with Gasteiger partial charge >= 0.3 is 0 Å². The zero-order valence-corrected chi connectivity index (χ0v) is 11.3. The summed E-state index contributed by atoms with van der Waals surface area (Å²) in [6, 6.07) is 7.53. The standard InChI is InChI=1S/C14H14N4O2/c1-19-12-4-3-10(13(5-12)20-2)7-17-14-9-16-11(6-15)8-18-14/h3-5,8-9H,7H2,1-2H3,(H,17,18). The van der Waals surface area contributed by atoms with Crippen LogP contribution in [0.5, 0.6) is 11.5 Å². The molecule has 0 aliphatic carbocycles. The Morgan fingerprint density at radius 3 is 2.65 bits per heavy atom. The van der Waals surface area contributed by atoms with Crippen molar-refractivity contribution in [3.8, 4) is 17.6 Å². The van der Waals surface area contributed by atoms with Gasteiger partial charge in [0, 0.05) is 18.2 Å². The lowest BCUT2D eigenvalue weighted by molar-refractivity contribution is 0.391. The SMILES string of the molecule is COc1ccc(CNc2cnc(C#N)cn2)c(OC)c1. The molecular weight excluding hydrogens is 256 g/mol. The average molecular weight is 270 g/mol. The van der Waals surface area contributed by atoms with Crippen LogP contribution in [-0.2, 0) is 6.54 Å². The van der Waals surface area contributed by atoms with Crippen LogP contribution in [0.4, 0.5) is 5.82 Å². The molecule has 2 rings (SSSR count). The third-order valence-electron chi connectivity index (χ3n) is 2.72. The van der Waals surface area contributed by atoms with E-state index in [0.29, 0.717) is 12.4 Å². The molecule has 0 fully saturated rings. The highest BCUT2D eigenvalue weighted by molar-refractivity contribution is 5.43. The van der Waals surface area contributed by atoms with Gasteiger partial charge in [0.25, 0.3) is 0 Å². The number of rotatable bonds is 5. The quantitative estimate of drug-likeness (QED) is 0.894. The fraction of sp³-hybridized carbons (Fsp3) is 0.214. The second-order valence-electron chi connectivity index (χ2n) is 3.93. The Labute approximate surface area is 117 Å². The van der Waals surface area contributed by atoms with E-state index in [1.54, 1.807) is 14.2 Å². The summed E-state index contributed by atoms with van der Waals surface area (Å²) in [5, 5.41) is 11.8. The van der Waals surface area contributed by atoms with E-state index in [4.69, 9.17) is 14.7 Å². The van der Waals surface area contributed by atoms with Crippen molar-refractivity contribution in [2.45, 2.75) is 6.54 Å². The van der Waals surface area contributed by atoms with Crippen LogP contribution < -0.4 is 14.8 Å². The van der Waals surface area contributed by atoms with Crippen molar-refractivity contribution < 1.29 is 9.47 Å². The number of hydrogen-bond donors (Lipinski definition) is 1. The molecule has 0 saturated heterocycles. The van der Waals surface area contributed by atoms with Gasteiger partial charge in [-0.25, -0.2) is 9.97 Å². The summed E-state index contributed by atoms with van der Waals surface area (Å²) in [7, 11) is 3.22. The van der Waals surface area contributed by atoms with Gasteiger partial charge in [-0.1, -0.05) is 0 Å². The van der Waals surface area contributed by atoms with E-state index < -0.39 is 0 Å². The summed E-state index contributed by atoms with van der Waals surface area (Å²) in [6.07, 6.45) is 2.95. The van der Waals surface area contributed by atoms with E-state index in [1.807, 2.05) is 24.3 Å². The van der Waals surface area contributed by atoms with Crippen molar-refractivity contribution in [1.29, 1.82) is 5.26 Å². The first-order valence-electron chi connectivity index (χ1n) is 5.93. The van der Waals surface area contributed by atoms with Crippen LogP contribution in [0, 0.1) is 11.3 Å². The molecule has 20 heavy (non-hydrogen) atoms. The van der Waals surface area contributed by atoms with Crippen LogP contribution in [0.2, 0.25) is 0 Å². The van der Waals surface area contributed by atoms with Gasteiger partial charge in [-0.2, -0.15) is 5.26 Å². The Morgan fingerprint density at radius 2 is 2.05 bits per heavy atom.